The van der Waals surface area contributed by atoms with Crippen LogP contribution < -0.4 is 0 Å². The van der Waals surface area contributed by atoms with Gasteiger partial charge in [-0.1, -0.05) is 45.4 Å². The standard InChI is InChI=1S/C10H20O2.Cs.H/c1-2-3-4-5-6-7-8-9-10(11)12;;/h2-9H2,1H3,(H,11,12);;. The third-order valence-corrected chi connectivity index (χ3v) is 1.99. The first-order valence-electron chi connectivity index (χ1n) is 4.99. The number of hydrogen-bond donors (Lipinski definition) is 1. The Bertz CT molecular complexity index is 115. The van der Waals surface area contributed by atoms with Gasteiger partial charge in [0, 0.05) is 6.42 Å². The third-order valence-electron chi connectivity index (χ3n) is 1.99. The van der Waals surface area contributed by atoms with Gasteiger partial charge in [-0.2, -0.15) is 0 Å². The summed E-state index contributed by atoms with van der Waals surface area (Å²) in [4.78, 5) is 10.1. The third kappa shape index (κ3) is 16.2. The van der Waals surface area contributed by atoms with Gasteiger partial charge in [0.25, 0.3) is 0 Å². The molecule has 1 N–H and O–H groups in total. The first kappa shape index (κ1) is 16.9. The van der Waals surface area contributed by atoms with Gasteiger partial charge in [-0.15, -0.1) is 0 Å². The first-order valence-corrected chi connectivity index (χ1v) is 4.99. The molecule has 74 valence electrons. The summed E-state index contributed by atoms with van der Waals surface area (Å²) in [6.07, 6.45) is 8.64. The number of aliphatic carboxylic acids is 1. The van der Waals surface area contributed by atoms with Crippen molar-refractivity contribution in [2.24, 2.45) is 0 Å². The summed E-state index contributed by atoms with van der Waals surface area (Å²) in [7, 11) is 0. The van der Waals surface area contributed by atoms with Crippen LogP contribution in [-0.2, 0) is 4.79 Å². The number of carboxylic acids is 1. The molecule has 0 radical (unpaired) electrons. The summed E-state index contributed by atoms with van der Waals surface area (Å²) in [5, 5.41) is 8.35. The van der Waals surface area contributed by atoms with E-state index >= 15 is 0 Å². The second kappa shape index (κ2) is 13.5. The van der Waals surface area contributed by atoms with Crippen LogP contribution in [0.15, 0.2) is 0 Å². The minimum atomic E-state index is -0.663. The molecule has 0 atom stereocenters. The molecule has 0 aromatic rings. The van der Waals surface area contributed by atoms with Crippen LogP contribution in [0.2, 0.25) is 0 Å². The quantitative estimate of drug-likeness (QED) is 0.700. The zero-order valence-electron chi connectivity index (χ0n) is 8.01. The van der Waals surface area contributed by atoms with Crippen LogP contribution in [0.4, 0.5) is 0 Å². The Kier molecular flexibility index (Phi) is 17.6. The average Bonchev–Trinajstić information content (AvgIpc) is 2.02. The Morgan fingerprint density at radius 1 is 1.00 bits per heavy atom. The molecule has 2 nitrogen and oxygen atoms in total. The molecule has 0 aromatic carbocycles. The van der Waals surface area contributed by atoms with E-state index in [4.69, 9.17) is 5.11 Å². The molecule has 0 fully saturated rings. The second-order valence-electron chi connectivity index (χ2n) is 3.27. The molecule has 0 bridgehead atoms. The van der Waals surface area contributed by atoms with Crippen molar-refractivity contribution in [1.29, 1.82) is 0 Å². The van der Waals surface area contributed by atoms with Gasteiger partial charge in [0.1, 0.15) is 0 Å². The van der Waals surface area contributed by atoms with Crippen molar-refractivity contribution in [2.45, 2.75) is 58.3 Å². The Morgan fingerprint density at radius 2 is 1.46 bits per heavy atom. The fourth-order valence-electron chi connectivity index (χ4n) is 1.23. The van der Waals surface area contributed by atoms with Crippen molar-refractivity contribution in [3.05, 3.63) is 0 Å². The van der Waals surface area contributed by atoms with Gasteiger partial charge in [-0.05, 0) is 6.42 Å². The van der Waals surface area contributed by atoms with Gasteiger partial charge in [0.2, 0.25) is 0 Å². The van der Waals surface area contributed by atoms with Gasteiger partial charge in [-0.25, -0.2) is 0 Å². The zero-order chi connectivity index (χ0) is 9.23. The van der Waals surface area contributed by atoms with Crippen molar-refractivity contribution in [1.82, 2.24) is 0 Å². The molecule has 0 saturated heterocycles. The molecule has 13 heavy (non-hydrogen) atoms. The van der Waals surface area contributed by atoms with Crippen LogP contribution in [-0.4, -0.2) is 80.0 Å². The van der Waals surface area contributed by atoms with Crippen LogP contribution in [0, 0.1) is 0 Å². The molecular weight excluding hydrogens is 285 g/mol. The minimum absolute atomic E-state index is 0. The number of hydrogen-bond acceptors (Lipinski definition) is 1. The van der Waals surface area contributed by atoms with E-state index in [1.807, 2.05) is 0 Å². The molecule has 0 unspecified atom stereocenters. The van der Waals surface area contributed by atoms with Crippen molar-refractivity contribution in [3.8, 4) is 0 Å². The van der Waals surface area contributed by atoms with Gasteiger partial charge in [0.05, 0.1) is 0 Å². The Labute approximate surface area is 140 Å². The number of unbranched alkanes of at least 4 members (excludes halogenated alkanes) is 6. The van der Waals surface area contributed by atoms with E-state index in [1.54, 1.807) is 0 Å². The molecule has 0 saturated carbocycles. The zero-order valence-corrected chi connectivity index (χ0v) is 8.01. The van der Waals surface area contributed by atoms with Crippen LogP contribution in [0.5, 0.6) is 0 Å². The molecular formula is C10H21CsO2. The second-order valence-corrected chi connectivity index (χ2v) is 3.27. The molecule has 0 aliphatic rings. The van der Waals surface area contributed by atoms with E-state index in [1.165, 1.54) is 32.1 Å². The Morgan fingerprint density at radius 3 is 1.92 bits per heavy atom. The molecule has 0 rings (SSSR count). The molecule has 0 aliphatic heterocycles. The van der Waals surface area contributed by atoms with Crippen LogP contribution in [0.1, 0.15) is 58.3 Å². The fraction of sp³-hybridized carbons (Fsp3) is 0.900. The number of carboxylic acid groups (broad SMARTS) is 1. The van der Waals surface area contributed by atoms with Gasteiger partial charge in [-0.3, -0.25) is 4.79 Å². The summed E-state index contributed by atoms with van der Waals surface area (Å²) >= 11 is 0. The summed E-state index contributed by atoms with van der Waals surface area (Å²) in [6, 6.07) is 0. The molecule has 0 aliphatic carbocycles. The normalized spacial score (nSPS) is 9.31. The fourth-order valence-corrected chi connectivity index (χ4v) is 1.23. The summed E-state index contributed by atoms with van der Waals surface area (Å²) < 4.78 is 0. The van der Waals surface area contributed by atoms with E-state index in [2.05, 4.69) is 6.92 Å². The molecule has 0 aromatic heterocycles. The molecule has 0 amide bonds. The number of rotatable bonds is 8. The number of carbonyl (C=O) groups is 1. The van der Waals surface area contributed by atoms with E-state index in [-0.39, 0.29) is 68.9 Å². The molecule has 3 heteroatoms. The monoisotopic (exact) mass is 306 g/mol. The van der Waals surface area contributed by atoms with Crippen LogP contribution in [0.25, 0.3) is 0 Å². The predicted molar refractivity (Wildman–Crippen MR) is 57.4 cm³/mol. The SMILES string of the molecule is CCCCCCCCCC(=O)O.[CsH]. The Hall–Kier alpha value is 1.52. The summed E-state index contributed by atoms with van der Waals surface area (Å²) in [5.41, 5.74) is 0. The molecule has 0 spiro atoms. The van der Waals surface area contributed by atoms with Gasteiger partial charge >= 0.3 is 74.9 Å². The Balaban J connectivity index is 0. The first-order chi connectivity index (χ1) is 5.77. The average molecular weight is 306 g/mol. The van der Waals surface area contributed by atoms with Crippen LogP contribution in [0.3, 0.4) is 0 Å². The topological polar surface area (TPSA) is 37.3 Å². The van der Waals surface area contributed by atoms with Crippen molar-refractivity contribution in [3.63, 3.8) is 0 Å². The summed E-state index contributed by atoms with van der Waals surface area (Å²) in [6.45, 7) is 2.20. The maximum atomic E-state index is 10.1. The van der Waals surface area contributed by atoms with Crippen molar-refractivity contribution < 1.29 is 9.90 Å². The van der Waals surface area contributed by atoms with E-state index in [9.17, 15) is 4.79 Å². The summed E-state index contributed by atoms with van der Waals surface area (Å²) in [5.74, 6) is -0.663. The van der Waals surface area contributed by atoms with Crippen LogP contribution >= 0.6 is 0 Å². The maximum absolute atomic E-state index is 10.1. The molecule has 0 heterocycles. The van der Waals surface area contributed by atoms with Gasteiger partial charge in [0.15, 0.2) is 0 Å². The van der Waals surface area contributed by atoms with E-state index in [0.717, 1.165) is 12.8 Å². The van der Waals surface area contributed by atoms with E-state index < -0.39 is 5.97 Å². The van der Waals surface area contributed by atoms with Gasteiger partial charge < -0.3 is 5.11 Å². The van der Waals surface area contributed by atoms with Crippen molar-refractivity contribution >= 4 is 74.9 Å². The predicted octanol–water partition coefficient (Wildman–Crippen LogP) is 2.56. The van der Waals surface area contributed by atoms with Crippen molar-refractivity contribution in [2.75, 3.05) is 0 Å². The van der Waals surface area contributed by atoms with E-state index in [0.29, 0.717) is 6.42 Å².